The third-order valence-corrected chi connectivity index (χ3v) is 5.32. The van der Waals surface area contributed by atoms with Gasteiger partial charge < -0.3 is 0 Å². The van der Waals surface area contributed by atoms with Gasteiger partial charge in [0.05, 0.1) is 0 Å². The molecule has 0 bridgehead atoms. The predicted molar refractivity (Wildman–Crippen MR) is 80.7 cm³/mol. The Hall–Kier alpha value is -0.820. The minimum Gasteiger partial charge on any atom is -0.293 e. The van der Waals surface area contributed by atoms with Crippen LogP contribution in [0.2, 0.25) is 0 Å². The van der Waals surface area contributed by atoms with Crippen molar-refractivity contribution in [1.82, 2.24) is 4.90 Å². The molecule has 2 fully saturated rings. The summed E-state index contributed by atoms with van der Waals surface area (Å²) in [6, 6.07) is 11.0. The second-order valence-corrected chi connectivity index (χ2v) is 6.41. The van der Waals surface area contributed by atoms with Crippen LogP contribution in [0.4, 0.5) is 0 Å². The standard InChI is InChI=1S/C18H26N/c1-16-11-14-19(15-17-9-5-4-6-10-17)18(16)12-7-2-3-8-13-18/h4-6,9-10,16H,1-3,7-8,11-15H2. The van der Waals surface area contributed by atoms with Gasteiger partial charge in [0.2, 0.25) is 0 Å². The van der Waals surface area contributed by atoms with Gasteiger partial charge in [-0.1, -0.05) is 56.0 Å². The number of hydrogen-bond donors (Lipinski definition) is 0. The van der Waals surface area contributed by atoms with Gasteiger partial charge in [0, 0.05) is 12.1 Å². The minimum absolute atomic E-state index is 0.409. The zero-order valence-corrected chi connectivity index (χ0v) is 12.0. The Labute approximate surface area is 118 Å². The molecule has 1 spiro atoms. The van der Waals surface area contributed by atoms with Crippen LogP contribution in [-0.4, -0.2) is 17.0 Å². The Morgan fingerprint density at radius 1 is 1.05 bits per heavy atom. The summed E-state index contributed by atoms with van der Waals surface area (Å²) in [7, 11) is 0. The van der Waals surface area contributed by atoms with Crippen molar-refractivity contribution in [3.05, 3.63) is 42.8 Å². The Morgan fingerprint density at radius 3 is 2.42 bits per heavy atom. The van der Waals surface area contributed by atoms with E-state index in [4.69, 9.17) is 0 Å². The number of likely N-dealkylation sites (tertiary alicyclic amines) is 1. The molecule has 103 valence electrons. The van der Waals surface area contributed by atoms with Crippen molar-refractivity contribution >= 4 is 0 Å². The third-order valence-electron chi connectivity index (χ3n) is 5.32. The smallest absolute Gasteiger partial charge is 0.0241 e. The van der Waals surface area contributed by atoms with Crippen LogP contribution in [0, 0.1) is 12.8 Å². The molecule has 1 aliphatic heterocycles. The molecule has 19 heavy (non-hydrogen) atoms. The highest BCUT2D eigenvalue weighted by atomic mass is 15.2. The monoisotopic (exact) mass is 256 g/mol. The van der Waals surface area contributed by atoms with Gasteiger partial charge >= 0.3 is 0 Å². The first kappa shape index (κ1) is 13.2. The van der Waals surface area contributed by atoms with E-state index < -0.39 is 0 Å². The first-order valence-electron chi connectivity index (χ1n) is 7.93. The lowest BCUT2D eigenvalue weighted by molar-refractivity contribution is 0.0880. The zero-order chi connectivity index (χ0) is 13.1. The average molecular weight is 256 g/mol. The van der Waals surface area contributed by atoms with Gasteiger partial charge in [0.25, 0.3) is 0 Å². The third kappa shape index (κ3) is 2.58. The van der Waals surface area contributed by atoms with E-state index in [2.05, 4.69) is 42.2 Å². The van der Waals surface area contributed by atoms with Gasteiger partial charge in [0.15, 0.2) is 0 Å². The lowest BCUT2D eigenvalue weighted by Gasteiger charge is -2.41. The van der Waals surface area contributed by atoms with Crippen LogP contribution < -0.4 is 0 Å². The number of rotatable bonds is 2. The second kappa shape index (κ2) is 5.66. The highest BCUT2D eigenvalue weighted by molar-refractivity contribution is 5.16. The molecule has 2 aliphatic rings. The van der Waals surface area contributed by atoms with Crippen LogP contribution in [-0.2, 0) is 6.54 Å². The van der Waals surface area contributed by atoms with E-state index in [0.29, 0.717) is 11.5 Å². The average Bonchev–Trinajstić information content (AvgIpc) is 2.64. The van der Waals surface area contributed by atoms with Crippen LogP contribution in [0.15, 0.2) is 30.3 Å². The van der Waals surface area contributed by atoms with Gasteiger partial charge in [0.1, 0.15) is 0 Å². The van der Waals surface area contributed by atoms with Gasteiger partial charge in [-0.2, -0.15) is 0 Å². The lowest BCUT2D eigenvalue weighted by atomic mass is 9.79. The van der Waals surface area contributed by atoms with E-state index >= 15 is 0 Å². The number of nitrogens with zero attached hydrogens (tertiary/aromatic N) is 1. The van der Waals surface area contributed by atoms with Crippen molar-refractivity contribution in [1.29, 1.82) is 0 Å². The first-order chi connectivity index (χ1) is 9.31. The molecule has 1 heterocycles. The lowest BCUT2D eigenvalue weighted by Crippen LogP contribution is -2.46. The summed E-state index contributed by atoms with van der Waals surface area (Å²) in [5.41, 5.74) is 1.87. The minimum atomic E-state index is 0.409. The van der Waals surface area contributed by atoms with Crippen molar-refractivity contribution in [2.24, 2.45) is 5.92 Å². The molecular weight excluding hydrogens is 230 g/mol. The van der Waals surface area contributed by atoms with Crippen LogP contribution in [0.1, 0.15) is 50.5 Å². The molecule has 0 aromatic heterocycles. The molecule has 1 saturated carbocycles. The Morgan fingerprint density at radius 2 is 1.74 bits per heavy atom. The summed E-state index contributed by atoms with van der Waals surface area (Å²) in [5.74, 6) is 0.634. The topological polar surface area (TPSA) is 3.24 Å². The van der Waals surface area contributed by atoms with Gasteiger partial charge in [-0.3, -0.25) is 4.90 Å². The summed E-state index contributed by atoms with van der Waals surface area (Å²) in [6.45, 7) is 6.86. The molecule has 0 N–H and O–H groups in total. The maximum absolute atomic E-state index is 4.51. The normalized spacial score (nSPS) is 27.5. The molecule has 1 nitrogen and oxygen atoms in total. The van der Waals surface area contributed by atoms with Gasteiger partial charge in [-0.15, -0.1) is 0 Å². The molecule has 1 unspecified atom stereocenters. The highest BCUT2D eigenvalue weighted by Crippen LogP contribution is 2.44. The van der Waals surface area contributed by atoms with Crippen molar-refractivity contribution in [2.75, 3.05) is 6.54 Å². The zero-order valence-electron chi connectivity index (χ0n) is 12.0. The predicted octanol–water partition coefficient (Wildman–Crippen LogP) is 4.44. The van der Waals surface area contributed by atoms with Crippen LogP contribution >= 0.6 is 0 Å². The summed E-state index contributed by atoms with van der Waals surface area (Å²) in [6.07, 6.45) is 9.67. The van der Waals surface area contributed by atoms with E-state index in [-0.39, 0.29) is 0 Å². The van der Waals surface area contributed by atoms with E-state index in [1.165, 1.54) is 57.1 Å². The molecule has 1 aromatic rings. The number of hydrogen-bond acceptors (Lipinski definition) is 1. The fraction of sp³-hybridized carbons (Fsp3) is 0.611. The maximum atomic E-state index is 4.51. The van der Waals surface area contributed by atoms with E-state index in [1.807, 2.05) is 0 Å². The molecule has 1 atom stereocenters. The Balaban J connectivity index is 1.79. The number of benzene rings is 1. The van der Waals surface area contributed by atoms with Crippen molar-refractivity contribution in [3.63, 3.8) is 0 Å². The summed E-state index contributed by atoms with van der Waals surface area (Å²) in [5, 5.41) is 0. The van der Waals surface area contributed by atoms with Crippen molar-refractivity contribution in [3.8, 4) is 0 Å². The van der Waals surface area contributed by atoms with Crippen LogP contribution in [0.25, 0.3) is 0 Å². The van der Waals surface area contributed by atoms with Gasteiger partial charge in [-0.25, -0.2) is 0 Å². The van der Waals surface area contributed by atoms with Crippen LogP contribution in [0.5, 0.6) is 0 Å². The fourth-order valence-electron chi connectivity index (χ4n) is 4.17. The van der Waals surface area contributed by atoms with E-state index in [0.717, 1.165) is 6.54 Å². The van der Waals surface area contributed by atoms with Crippen LogP contribution in [0.3, 0.4) is 0 Å². The molecule has 1 radical (unpaired) electrons. The molecule has 1 aliphatic carbocycles. The van der Waals surface area contributed by atoms with E-state index in [9.17, 15) is 0 Å². The Bertz CT molecular complexity index is 389. The molecule has 0 amide bonds. The second-order valence-electron chi connectivity index (χ2n) is 6.41. The maximum Gasteiger partial charge on any atom is 0.0241 e. The quantitative estimate of drug-likeness (QED) is 0.756. The van der Waals surface area contributed by atoms with Gasteiger partial charge in [-0.05, 0) is 44.2 Å². The summed E-state index contributed by atoms with van der Waals surface area (Å²) >= 11 is 0. The summed E-state index contributed by atoms with van der Waals surface area (Å²) in [4.78, 5) is 2.76. The Kier molecular flexibility index (Phi) is 3.93. The van der Waals surface area contributed by atoms with Crippen molar-refractivity contribution in [2.45, 2.75) is 57.0 Å². The largest absolute Gasteiger partial charge is 0.293 e. The highest BCUT2D eigenvalue weighted by Gasteiger charge is 2.45. The first-order valence-corrected chi connectivity index (χ1v) is 7.93. The molecule has 1 saturated heterocycles. The fourth-order valence-corrected chi connectivity index (χ4v) is 4.17. The SMILES string of the molecule is [CH2]C1CCN(Cc2ccccc2)C12CCCCCC2. The molecule has 1 aromatic carbocycles. The summed E-state index contributed by atoms with van der Waals surface area (Å²) < 4.78 is 0. The molecule has 3 rings (SSSR count). The molecular formula is C18H26N. The van der Waals surface area contributed by atoms with Crippen molar-refractivity contribution < 1.29 is 0 Å². The molecule has 1 heteroatoms. The van der Waals surface area contributed by atoms with E-state index in [1.54, 1.807) is 0 Å².